The molecule has 4 nitrogen and oxygen atoms in total. The summed E-state index contributed by atoms with van der Waals surface area (Å²) in [5, 5.41) is 4.46. The molecule has 0 aliphatic heterocycles. The van der Waals surface area contributed by atoms with E-state index >= 15 is 0 Å². The summed E-state index contributed by atoms with van der Waals surface area (Å²) in [7, 11) is 2.00. The summed E-state index contributed by atoms with van der Waals surface area (Å²) < 4.78 is 4.29. The molecule has 18 heavy (non-hydrogen) atoms. The number of aromatic nitrogens is 4. The molecule has 0 amide bonds. The highest BCUT2D eigenvalue weighted by Gasteiger charge is 2.23. The molecule has 2 aromatic rings. The molecule has 98 valence electrons. The Morgan fingerprint density at radius 1 is 1.39 bits per heavy atom. The molecular weight excluding hydrogens is 248 g/mol. The lowest BCUT2D eigenvalue weighted by molar-refractivity contribution is 0.275. The summed E-state index contributed by atoms with van der Waals surface area (Å²) in [5.41, 5.74) is 3.20. The number of hydrogen-bond donors (Lipinski definition) is 0. The van der Waals surface area contributed by atoms with Crippen LogP contribution in [0.1, 0.15) is 30.8 Å². The van der Waals surface area contributed by atoms with Gasteiger partial charge in [0.05, 0.1) is 5.69 Å². The van der Waals surface area contributed by atoms with Gasteiger partial charge >= 0.3 is 0 Å². The van der Waals surface area contributed by atoms with Gasteiger partial charge in [-0.15, -0.1) is 11.6 Å². The highest BCUT2D eigenvalue weighted by atomic mass is 35.5. The van der Waals surface area contributed by atoms with E-state index < -0.39 is 0 Å². The first kappa shape index (κ1) is 12.0. The topological polar surface area (TPSA) is 35.6 Å². The predicted octanol–water partition coefficient (Wildman–Crippen LogP) is 2.66. The maximum Gasteiger partial charge on any atom is 0.158 e. The van der Waals surface area contributed by atoms with Crippen LogP contribution in [-0.2, 0) is 20.0 Å². The second kappa shape index (κ2) is 4.57. The third-order valence-electron chi connectivity index (χ3n) is 3.95. The van der Waals surface area contributed by atoms with Gasteiger partial charge in [0.15, 0.2) is 5.65 Å². The molecule has 1 fully saturated rings. The Labute approximate surface area is 112 Å². The summed E-state index contributed by atoms with van der Waals surface area (Å²) in [6.45, 7) is 3.09. The molecule has 1 saturated carbocycles. The van der Waals surface area contributed by atoms with Gasteiger partial charge in [-0.1, -0.05) is 6.42 Å². The Morgan fingerprint density at radius 3 is 2.78 bits per heavy atom. The second-order valence-corrected chi connectivity index (χ2v) is 5.63. The molecule has 0 aromatic carbocycles. The van der Waals surface area contributed by atoms with E-state index in [1.807, 2.05) is 18.7 Å². The molecule has 2 aromatic heterocycles. The number of nitrogens with zero attached hydrogens (tertiary/aromatic N) is 4. The summed E-state index contributed by atoms with van der Waals surface area (Å²) >= 11 is 5.89. The average molecular weight is 267 g/mol. The van der Waals surface area contributed by atoms with Crippen LogP contribution in [0.2, 0.25) is 0 Å². The average Bonchev–Trinajstić information content (AvgIpc) is 2.74. The van der Waals surface area contributed by atoms with E-state index in [4.69, 9.17) is 16.6 Å². The Kier molecular flexibility index (Phi) is 3.06. The molecule has 2 heterocycles. The highest BCUT2D eigenvalue weighted by molar-refractivity contribution is 6.17. The number of hydrogen-bond acceptors (Lipinski definition) is 2. The fourth-order valence-corrected chi connectivity index (χ4v) is 2.95. The molecule has 0 N–H and O–H groups in total. The smallest absolute Gasteiger partial charge is 0.158 e. The van der Waals surface area contributed by atoms with Gasteiger partial charge in [0.1, 0.15) is 11.3 Å². The van der Waals surface area contributed by atoms with Crippen LogP contribution in [-0.4, -0.2) is 25.2 Å². The molecule has 0 spiro atoms. The Bertz CT molecular complexity index is 565. The summed E-state index contributed by atoms with van der Waals surface area (Å²) in [6, 6.07) is 0. The van der Waals surface area contributed by atoms with E-state index in [1.54, 1.807) is 0 Å². The van der Waals surface area contributed by atoms with Crippen LogP contribution in [0.4, 0.5) is 0 Å². The van der Waals surface area contributed by atoms with Crippen molar-refractivity contribution >= 4 is 22.8 Å². The zero-order valence-corrected chi connectivity index (χ0v) is 11.7. The van der Waals surface area contributed by atoms with Crippen LogP contribution in [0.3, 0.4) is 0 Å². The number of imidazole rings is 1. The number of aryl methyl sites for hydroxylation is 3. The minimum absolute atomic E-state index is 0.625. The minimum Gasteiger partial charge on any atom is -0.313 e. The van der Waals surface area contributed by atoms with E-state index in [9.17, 15) is 0 Å². The van der Waals surface area contributed by atoms with Crippen LogP contribution in [0.5, 0.6) is 0 Å². The molecule has 5 heteroatoms. The van der Waals surface area contributed by atoms with Gasteiger partial charge in [-0.2, -0.15) is 5.10 Å². The van der Waals surface area contributed by atoms with Crippen LogP contribution in [0.25, 0.3) is 11.2 Å². The first-order valence-corrected chi connectivity index (χ1v) is 7.19. The first-order chi connectivity index (χ1) is 8.70. The second-order valence-electron chi connectivity index (χ2n) is 5.26. The Balaban J connectivity index is 2.07. The van der Waals surface area contributed by atoms with Gasteiger partial charge in [0.2, 0.25) is 0 Å². The zero-order valence-electron chi connectivity index (χ0n) is 11.0. The SMILES string of the molecule is Cc1nn(C)c2c1nc(CCCl)n2CC1CCC1. The first-order valence-electron chi connectivity index (χ1n) is 6.65. The van der Waals surface area contributed by atoms with Crippen molar-refractivity contribution in [2.24, 2.45) is 13.0 Å². The molecule has 1 aliphatic carbocycles. The number of rotatable bonds is 4. The molecule has 0 saturated heterocycles. The third-order valence-corrected chi connectivity index (χ3v) is 4.14. The third kappa shape index (κ3) is 1.83. The summed E-state index contributed by atoms with van der Waals surface area (Å²) in [4.78, 5) is 4.73. The lowest BCUT2D eigenvalue weighted by Crippen LogP contribution is -2.20. The number of alkyl halides is 1. The van der Waals surface area contributed by atoms with Crippen LogP contribution in [0.15, 0.2) is 0 Å². The van der Waals surface area contributed by atoms with Crippen molar-refractivity contribution in [2.45, 2.75) is 39.2 Å². The zero-order chi connectivity index (χ0) is 12.7. The largest absolute Gasteiger partial charge is 0.313 e. The van der Waals surface area contributed by atoms with Crippen molar-refractivity contribution in [1.82, 2.24) is 19.3 Å². The normalized spacial score (nSPS) is 16.4. The maximum atomic E-state index is 5.89. The van der Waals surface area contributed by atoms with Gasteiger partial charge in [0, 0.05) is 25.9 Å². The molecule has 1 aliphatic rings. The quantitative estimate of drug-likeness (QED) is 0.798. The molecule has 0 atom stereocenters. The van der Waals surface area contributed by atoms with Crippen molar-refractivity contribution in [1.29, 1.82) is 0 Å². The maximum absolute atomic E-state index is 5.89. The van der Waals surface area contributed by atoms with Crippen molar-refractivity contribution in [3.05, 3.63) is 11.5 Å². The van der Waals surface area contributed by atoms with Crippen molar-refractivity contribution in [3.63, 3.8) is 0 Å². The van der Waals surface area contributed by atoms with Crippen LogP contribution in [0, 0.1) is 12.8 Å². The van der Waals surface area contributed by atoms with Gasteiger partial charge in [-0.05, 0) is 25.7 Å². The van der Waals surface area contributed by atoms with E-state index in [-0.39, 0.29) is 0 Å². The molecule has 0 unspecified atom stereocenters. The van der Waals surface area contributed by atoms with Crippen LogP contribution >= 0.6 is 11.6 Å². The van der Waals surface area contributed by atoms with Gasteiger partial charge in [-0.3, -0.25) is 4.68 Å². The van der Waals surface area contributed by atoms with Crippen molar-refractivity contribution in [2.75, 3.05) is 5.88 Å². The fourth-order valence-electron chi connectivity index (χ4n) is 2.78. The number of fused-ring (bicyclic) bond motifs is 1. The minimum atomic E-state index is 0.625. The molecule has 0 bridgehead atoms. The van der Waals surface area contributed by atoms with Crippen molar-refractivity contribution < 1.29 is 0 Å². The van der Waals surface area contributed by atoms with Gasteiger partial charge < -0.3 is 4.57 Å². The molecule has 0 radical (unpaired) electrons. The Morgan fingerprint density at radius 2 is 2.17 bits per heavy atom. The van der Waals surface area contributed by atoms with Crippen LogP contribution < -0.4 is 0 Å². The lowest BCUT2D eigenvalue weighted by atomic mass is 9.85. The highest BCUT2D eigenvalue weighted by Crippen LogP contribution is 2.30. The fraction of sp³-hybridized carbons (Fsp3) is 0.692. The van der Waals surface area contributed by atoms with E-state index in [1.165, 1.54) is 19.3 Å². The summed E-state index contributed by atoms with van der Waals surface area (Å²) in [5.74, 6) is 2.55. The summed E-state index contributed by atoms with van der Waals surface area (Å²) in [6.07, 6.45) is 4.90. The molecular formula is C13H19ClN4. The number of halogens is 1. The molecule has 3 rings (SSSR count). The predicted molar refractivity (Wildman–Crippen MR) is 73.0 cm³/mol. The van der Waals surface area contributed by atoms with E-state index in [0.29, 0.717) is 5.88 Å². The van der Waals surface area contributed by atoms with E-state index in [0.717, 1.165) is 41.6 Å². The standard InChI is InChI=1S/C13H19ClN4/c1-9-12-13(17(2)16-9)18(8-10-4-3-5-10)11(15-12)6-7-14/h10H,3-8H2,1-2H3. The van der Waals surface area contributed by atoms with Crippen molar-refractivity contribution in [3.8, 4) is 0 Å². The monoisotopic (exact) mass is 266 g/mol. The van der Waals surface area contributed by atoms with E-state index in [2.05, 4.69) is 9.67 Å². The van der Waals surface area contributed by atoms with Gasteiger partial charge in [-0.25, -0.2) is 4.98 Å². The lowest BCUT2D eigenvalue weighted by Gasteiger charge is -2.26. The van der Waals surface area contributed by atoms with Gasteiger partial charge in [0.25, 0.3) is 0 Å². The Hall–Kier alpha value is -1.03.